The molecule has 0 aromatic heterocycles. The Kier molecular flexibility index (Phi) is 5.62. The van der Waals surface area contributed by atoms with Crippen molar-refractivity contribution in [1.29, 1.82) is 0 Å². The van der Waals surface area contributed by atoms with Crippen molar-refractivity contribution >= 4 is 5.97 Å². The molecular formula is C22H27NO3. The Bertz CT molecular complexity index is 779. The fraction of sp³-hybridized carbons (Fsp3) is 0.409. The summed E-state index contributed by atoms with van der Waals surface area (Å²) in [5.41, 5.74) is 4.89. The van der Waals surface area contributed by atoms with Gasteiger partial charge in [0.15, 0.2) is 0 Å². The molecule has 26 heavy (non-hydrogen) atoms. The number of carbonyl (C=O) groups is 1. The third-order valence-corrected chi connectivity index (χ3v) is 5.40. The average Bonchev–Trinajstić information content (AvgIpc) is 2.64. The number of nitrogens with zero attached hydrogens (tertiary/aromatic N) is 1. The van der Waals surface area contributed by atoms with Crippen molar-refractivity contribution in [3.63, 3.8) is 0 Å². The quantitative estimate of drug-likeness (QED) is 0.875. The van der Waals surface area contributed by atoms with Gasteiger partial charge in [0, 0.05) is 5.56 Å². The van der Waals surface area contributed by atoms with Gasteiger partial charge in [-0.05, 0) is 57.0 Å². The van der Waals surface area contributed by atoms with Gasteiger partial charge < -0.3 is 9.84 Å². The minimum atomic E-state index is -0.676. The number of carboxylic acids is 1. The molecule has 138 valence electrons. The van der Waals surface area contributed by atoms with Crippen LogP contribution < -0.4 is 4.74 Å². The molecule has 0 spiro atoms. The lowest BCUT2D eigenvalue weighted by molar-refractivity contribution is -0.143. The van der Waals surface area contributed by atoms with Crippen LogP contribution in [0.4, 0.5) is 0 Å². The summed E-state index contributed by atoms with van der Waals surface area (Å²) < 4.78 is 5.64. The van der Waals surface area contributed by atoms with Crippen molar-refractivity contribution in [2.24, 2.45) is 5.92 Å². The summed E-state index contributed by atoms with van der Waals surface area (Å²) in [6.07, 6.45) is 1.37. The van der Waals surface area contributed by atoms with E-state index in [0.717, 1.165) is 24.4 Å². The van der Waals surface area contributed by atoms with E-state index in [1.54, 1.807) is 7.11 Å². The third-order valence-electron chi connectivity index (χ3n) is 5.40. The van der Waals surface area contributed by atoms with Crippen molar-refractivity contribution in [3.05, 3.63) is 64.7 Å². The van der Waals surface area contributed by atoms with Gasteiger partial charge in [0.2, 0.25) is 0 Å². The molecule has 1 atom stereocenters. The number of hydrogen-bond acceptors (Lipinski definition) is 3. The van der Waals surface area contributed by atoms with Crippen LogP contribution in [0.15, 0.2) is 42.5 Å². The molecule has 4 heteroatoms. The van der Waals surface area contributed by atoms with Gasteiger partial charge in [0.25, 0.3) is 0 Å². The second-order valence-electron chi connectivity index (χ2n) is 7.15. The fourth-order valence-electron chi connectivity index (χ4n) is 3.99. The number of aliphatic carboxylic acids is 1. The van der Waals surface area contributed by atoms with E-state index in [9.17, 15) is 9.90 Å². The molecule has 0 saturated carbocycles. The number of para-hydroxylation sites is 1. The molecule has 1 N–H and O–H groups in total. The number of rotatable bonds is 5. The lowest BCUT2D eigenvalue weighted by Gasteiger charge is -2.38. The van der Waals surface area contributed by atoms with Gasteiger partial charge >= 0.3 is 5.97 Å². The fourth-order valence-corrected chi connectivity index (χ4v) is 3.99. The zero-order chi connectivity index (χ0) is 18.7. The van der Waals surface area contributed by atoms with Crippen LogP contribution in [0.3, 0.4) is 0 Å². The van der Waals surface area contributed by atoms with Crippen molar-refractivity contribution in [1.82, 2.24) is 4.90 Å². The molecule has 0 amide bonds. The number of methoxy groups -OCH3 is 1. The molecule has 1 saturated heterocycles. The lowest BCUT2D eigenvalue weighted by atomic mass is 9.88. The van der Waals surface area contributed by atoms with Gasteiger partial charge in [-0.3, -0.25) is 9.69 Å². The van der Waals surface area contributed by atoms with E-state index in [1.807, 2.05) is 18.2 Å². The summed E-state index contributed by atoms with van der Waals surface area (Å²) in [5, 5.41) is 9.32. The highest BCUT2D eigenvalue weighted by molar-refractivity contribution is 5.70. The van der Waals surface area contributed by atoms with Crippen molar-refractivity contribution < 1.29 is 14.6 Å². The van der Waals surface area contributed by atoms with E-state index < -0.39 is 5.97 Å². The van der Waals surface area contributed by atoms with Crippen molar-refractivity contribution in [2.45, 2.75) is 32.7 Å². The van der Waals surface area contributed by atoms with Crippen LogP contribution in [0.2, 0.25) is 0 Å². The second-order valence-corrected chi connectivity index (χ2v) is 7.15. The van der Waals surface area contributed by atoms with Gasteiger partial charge in [-0.1, -0.05) is 42.0 Å². The summed E-state index contributed by atoms with van der Waals surface area (Å²) in [4.78, 5) is 13.7. The summed E-state index contributed by atoms with van der Waals surface area (Å²) >= 11 is 0. The monoisotopic (exact) mass is 353 g/mol. The predicted octanol–water partition coefficient (Wildman–Crippen LogP) is 4.20. The summed E-state index contributed by atoms with van der Waals surface area (Å²) in [6.45, 7) is 5.79. The highest BCUT2D eigenvalue weighted by atomic mass is 16.5. The Morgan fingerprint density at radius 1 is 1.12 bits per heavy atom. The largest absolute Gasteiger partial charge is 0.496 e. The van der Waals surface area contributed by atoms with E-state index >= 15 is 0 Å². The Labute approximate surface area is 155 Å². The van der Waals surface area contributed by atoms with Crippen molar-refractivity contribution in [2.75, 3.05) is 20.2 Å². The first-order valence-electron chi connectivity index (χ1n) is 9.18. The van der Waals surface area contributed by atoms with Crippen LogP contribution in [0, 0.1) is 19.8 Å². The first kappa shape index (κ1) is 18.5. The molecular weight excluding hydrogens is 326 g/mol. The zero-order valence-electron chi connectivity index (χ0n) is 15.7. The minimum Gasteiger partial charge on any atom is -0.496 e. The van der Waals surface area contributed by atoms with Crippen LogP contribution in [0.5, 0.6) is 5.75 Å². The highest BCUT2D eigenvalue weighted by Crippen LogP contribution is 2.38. The van der Waals surface area contributed by atoms with Crippen LogP contribution >= 0.6 is 0 Å². The molecule has 1 heterocycles. The predicted molar refractivity (Wildman–Crippen MR) is 103 cm³/mol. The van der Waals surface area contributed by atoms with Gasteiger partial charge in [-0.15, -0.1) is 0 Å². The van der Waals surface area contributed by atoms with Gasteiger partial charge in [-0.25, -0.2) is 0 Å². The number of ether oxygens (including phenoxy) is 1. The molecule has 0 bridgehead atoms. The first-order chi connectivity index (χ1) is 12.5. The smallest absolute Gasteiger partial charge is 0.306 e. The van der Waals surface area contributed by atoms with Gasteiger partial charge in [0.05, 0.1) is 19.1 Å². The minimum absolute atomic E-state index is 0.0708. The number of carboxylic acid groups (broad SMARTS) is 1. The zero-order valence-corrected chi connectivity index (χ0v) is 15.7. The normalized spacial score (nSPS) is 17.0. The van der Waals surface area contributed by atoms with E-state index in [0.29, 0.717) is 12.8 Å². The van der Waals surface area contributed by atoms with Gasteiger partial charge in [0.1, 0.15) is 5.75 Å². The maximum absolute atomic E-state index is 11.3. The Hall–Kier alpha value is -2.33. The Morgan fingerprint density at radius 2 is 1.81 bits per heavy atom. The number of likely N-dealkylation sites (tertiary alicyclic amines) is 1. The van der Waals surface area contributed by atoms with Gasteiger partial charge in [-0.2, -0.15) is 0 Å². The molecule has 1 aliphatic heterocycles. The number of benzene rings is 2. The molecule has 0 radical (unpaired) electrons. The molecule has 3 rings (SSSR count). The number of hydrogen-bond donors (Lipinski definition) is 1. The topological polar surface area (TPSA) is 49.8 Å². The van der Waals surface area contributed by atoms with E-state index in [2.05, 4.69) is 43.0 Å². The van der Waals surface area contributed by atoms with Crippen LogP contribution in [0.1, 0.15) is 41.1 Å². The van der Waals surface area contributed by atoms with Crippen LogP contribution in [-0.4, -0.2) is 36.2 Å². The average molecular weight is 353 g/mol. The third kappa shape index (κ3) is 3.75. The summed E-state index contributed by atoms with van der Waals surface area (Å²) in [6, 6.07) is 14.8. The van der Waals surface area contributed by atoms with E-state index in [-0.39, 0.29) is 12.0 Å². The Balaban J connectivity index is 2.01. The maximum Gasteiger partial charge on any atom is 0.306 e. The second kappa shape index (κ2) is 7.92. The highest BCUT2D eigenvalue weighted by Gasteiger charge is 2.32. The van der Waals surface area contributed by atoms with E-state index in [4.69, 9.17) is 4.74 Å². The molecule has 2 aromatic carbocycles. The molecule has 1 fully saturated rings. The number of piperidine rings is 1. The molecule has 0 aliphatic carbocycles. The maximum atomic E-state index is 11.3. The summed E-state index contributed by atoms with van der Waals surface area (Å²) in [5.74, 6) is -0.0356. The molecule has 1 unspecified atom stereocenters. The first-order valence-corrected chi connectivity index (χ1v) is 9.18. The van der Waals surface area contributed by atoms with E-state index in [1.165, 1.54) is 16.7 Å². The lowest BCUT2D eigenvalue weighted by Crippen LogP contribution is -2.39. The number of aryl methyl sites for hydroxylation is 2. The standard InChI is InChI=1S/C22H27NO3/c1-15-8-9-18(16(2)14-15)21(19-6-4-5-7-20(19)26-3)23-12-10-17(11-13-23)22(24)25/h4-9,14,17,21H,10-13H2,1-3H3,(H,24,25). The molecule has 2 aromatic rings. The van der Waals surface area contributed by atoms with Crippen LogP contribution in [-0.2, 0) is 4.79 Å². The van der Waals surface area contributed by atoms with Crippen LogP contribution in [0.25, 0.3) is 0 Å². The summed E-state index contributed by atoms with van der Waals surface area (Å²) in [7, 11) is 1.70. The van der Waals surface area contributed by atoms with Crippen molar-refractivity contribution in [3.8, 4) is 5.75 Å². The molecule has 4 nitrogen and oxygen atoms in total. The SMILES string of the molecule is COc1ccccc1C(c1ccc(C)cc1C)N1CCC(C(=O)O)CC1. The Morgan fingerprint density at radius 3 is 2.42 bits per heavy atom. The molecule has 1 aliphatic rings.